The van der Waals surface area contributed by atoms with Gasteiger partial charge in [0.25, 0.3) is 5.91 Å². The first-order valence-electron chi connectivity index (χ1n) is 5.83. The molecule has 0 aliphatic rings. The van der Waals surface area contributed by atoms with Crippen molar-refractivity contribution in [2.24, 2.45) is 0 Å². The predicted molar refractivity (Wildman–Crippen MR) is 73.4 cm³/mol. The van der Waals surface area contributed by atoms with Crippen LogP contribution in [-0.4, -0.2) is 41.5 Å². The number of halogens is 1. The van der Waals surface area contributed by atoms with Gasteiger partial charge in [0, 0.05) is 26.0 Å². The van der Waals surface area contributed by atoms with Crippen molar-refractivity contribution in [1.29, 1.82) is 0 Å². The molecule has 19 heavy (non-hydrogen) atoms. The largest absolute Gasteiger partial charge is 0.383 e. The fourth-order valence-electron chi connectivity index (χ4n) is 1.71. The Balaban J connectivity index is 2.13. The number of nitrogens with one attached hydrogen (secondary N) is 1. The molecule has 1 amide bonds. The highest BCUT2D eigenvalue weighted by Crippen LogP contribution is 2.13. The molecule has 0 fully saturated rings. The van der Waals surface area contributed by atoms with Crippen molar-refractivity contribution in [3.05, 3.63) is 36.2 Å². The Labute approximate surface area is 116 Å². The number of hydrogen-bond acceptors (Lipinski definition) is 4. The van der Waals surface area contributed by atoms with Crippen molar-refractivity contribution in [1.82, 2.24) is 15.3 Å². The maximum absolute atomic E-state index is 12.1. The van der Waals surface area contributed by atoms with Crippen LogP contribution in [0.2, 0.25) is 0 Å². The number of rotatable bonds is 5. The van der Waals surface area contributed by atoms with Crippen molar-refractivity contribution in [3.63, 3.8) is 0 Å². The number of fused-ring (bicyclic) bond motifs is 1. The minimum atomic E-state index is -0.255. The molecule has 0 bridgehead atoms. The fourth-order valence-corrected chi connectivity index (χ4v) is 1.92. The first-order chi connectivity index (χ1) is 9.22. The Bertz CT molecular complexity index is 571. The lowest BCUT2D eigenvalue weighted by Gasteiger charge is -2.10. The van der Waals surface area contributed by atoms with Gasteiger partial charge in [0.15, 0.2) is 0 Å². The smallest absolute Gasteiger partial charge is 0.253 e. The standard InChI is InChI=1S/C13H14ClN3O2/c1-19-8-9(14)7-17-13(18)10-3-2-4-11-12(10)16-6-5-15-11/h2-6,9H,7-8H2,1H3,(H,17,18). The topological polar surface area (TPSA) is 64.1 Å². The molecule has 1 aromatic heterocycles. The number of ether oxygens (including phenoxy) is 1. The van der Waals surface area contributed by atoms with E-state index >= 15 is 0 Å². The van der Waals surface area contributed by atoms with Crippen molar-refractivity contribution < 1.29 is 9.53 Å². The summed E-state index contributed by atoms with van der Waals surface area (Å²) >= 11 is 5.96. The van der Waals surface area contributed by atoms with E-state index in [4.69, 9.17) is 16.3 Å². The Hall–Kier alpha value is -1.72. The summed E-state index contributed by atoms with van der Waals surface area (Å²) in [4.78, 5) is 20.4. The van der Waals surface area contributed by atoms with Crippen LogP contribution in [0.5, 0.6) is 0 Å². The van der Waals surface area contributed by atoms with E-state index in [1.54, 1.807) is 31.6 Å². The van der Waals surface area contributed by atoms with Crippen LogP contribution in [0.1, 0.15) is 10.4 Å². The quantitative estimate of drug-likeness (QED) is 0.845. The maximum atomic E-state index is 12.1. The second kappa shape index (κ2) is 6.45. The van der Waals surface area contributed by atoms with Crippen LogP contribution in [0.15, 0.2) is 30.6 Å². The molecule has 0 radical (unpaired) electrons. The van der Waals surface area contributed by atoms with Crippen LogP contribution in [0.25, 0.3) is 11.0 Å². The summed E-state index contributed by atoms with van der Waals surface area (Å²) in [5.74, 6) is -0.215. The average Bonchev–Trinajstić information content (AvgIpc) is 2.44. The van der Waals surface area contributed by atoms with E-state index in [1.807, 2.05) is 6.07 Å². The monoisotopic (exact) mass is 279 g/mol. The number of carbonyl (C=O) groups is 1. The fraction of sp³-hybridized carbons (Fsp3) is 0.308. The van der Waals surface area contributed by atoms with Gasteiger partial charge < -0.3 is 10.1 Å². The number of aromatic nitrogens is 2. The van der Waals surface area contributed by atoms with Gasteiger partial charge >= 0.3 is 0 Å². The van der Waals surface area contributed by atoms with E-state index in [1.165, 1.54) is 0 Å². The number of amides is 1. The van der Waals surface area contributed by atoms with Crippen molar-refractivity contribution in [2.75, 3.05) is 20.3 Å². The highest BCUT2D eigenvalue weighted by atomic mass is 35.5. The summed E-state index contributed by atoms with van der Waals surface area (Å²) in [6, 6.07) is 5.31. The molecule has 1 N–H and O–H groups in total. The SMILES string of the molecule is COCC(Cl)CNC(=O)c1cccc2nccnc12. The molecule has 100 valence electrons. The summed E-state index contributed by atoms with van der Waals surface area (Å²) < 4.78 is 4.91. The normalized spacial score (nSPS) is 12.3. The van der Waals surface area contributed by atoms with Gasteiger partial charge in [0.1, 0.15) is 5.52 Å². The highest BCUT2D eigenvalue weighted by molar-refractivity contribution is 6.21. The van der Waals surface area contributed by atoms with Gasteiger partial charge in [0.05, 0.1) is 23.1 Å². The Morgan fingerprint density at radius 3 is 3.00 bits per heavy atom. The number of hydrogen-bond donors (Lipinski definition) is 1. The number of methoxy groups -OCH3 is 1. The first kappa shape index (κ1) is 13.7. The number of para-hydroxylation sites is 1. The average molecular weight is 280 g/mol. The van der Waals surface area contributed by atoms with E-state index in [2.05, 4.69) is 15.3 Å². The third kappa shape index (κ3) is 3.39. The van der Waals surface area contributed by atoms with Gasteiger partial charge in [-0.15, -0.1) is 11.6 Å². The Morgan fingerprint density at radius 2 is 2.21 bits per heavy atom. The van der Waals surface area contributed by atoms with Crippen molar-refractivity contribution in [2.45, 2.75) is 5.38 Å². The second-order valence-corrected chi connectivity index (χ2v) is 4.61. The minimum Gasteiger partial charge on any atom is -0.383 e. The van der Waals surface area contributed by atoms with Crippen LogP contribution in [0.3, 0.4) is 0 Å². The van der Waals surface area contributed by atoms with Crippen LogP contribution in [0, 0.1) is 0 Å². The lowest BCUT2D eigenvalue weighted by molar-refractivity contribution is 0.0950. The van der Waals surface area contributed by atoms with E-state index in [0.29, 0.717) is 29.7 Å². The van der Waals surface area contributed by atoms with Gasteiger partial charge in [-0.2, -0.15) is 0 Å². The molecule has 5 nitrogen and oxygen atoms in total. The lowest BCUT2D eigenvalue weighted by Crippen LogP contribution is -2.31. The van der Waals surface area contributed by atoms with Gasteiger partial charge in [0.2, 0.25) is 0 Å². The zero-order valence-electron chi connectivity index (χ0n) is 10.5. The summed E-state index contributed by atoms with van der Waals surface area (Å²) in [7, 11) is 1.57. The van der Waals surface area contributed by atoms with E-state index in [0.717, 1.165) is 0 Å². The Kier molecular flexibility index (Phi) is 4.65. The zero-order chi connectivity index (χ0) is 13.7. The molecule has 2 aromatic rings. The molecule has 0 saturated carbocycles. The van der Waals surface area contributed by atoms with Crippen LogP contribution >= 0.6 is 11.6 Å². The second-order valence-electron chi connectivity index (χ2n) is 3.99. The third-order valence-corrected chi connectivity index (χ3v) is 2.86. The molecule has 1 aromatic carbocycles. The Morgan fingerprint density at radius 1 is 1.42 bits per heavy atom. The summed E-state index contributed by atoms with van der Waals surface area (Å²) in [5, 5.41) is 2.50. The van der Waals surface area contributed by atoms with E-state index < -0.39 is 0 Å². The van der Waals surface area contributed by atoms with Gasteiger partial charge in [-0.05, 0) is 12.1 Å². The van der Waals surface area contributed by atoms with Crippen molar-refractivity contribution in [3.8, 4) is 0 Å². The van der Waals surface area contributed by atoms with Crippen molar-refractivity contribution >= 4 is 28.5 Å². The molecule has 0 aliphatic heterocycles. The number of carbonyl (C=O) groups excluding carboxylic acids is 1. The van der Waals surface area contributed by atoms with Gasteiger partial charge in [-0.25, -0.2) is 0 Å². The molecular formula is C13H14ClN3O2. The third-order valence-electron chi connectivity index (χ3n) is 2.57. The minimum absolute atomic E-state index is 0.215. The van der Waals surface area contributed by atoms with Crippen LogP contribution in [-0.2, 0) is 4.74 Å². The van der Waals surface area contributed by atoms with Crippen LogP contribution < -0.4 is 5.32 Å². The molecule has 1 atom stereocenters. The number of benzene rings is 1. The predicted octanol–water partition coefficient (Wildman–Crippen LogP) is 1.61. The molecule has 1 heterocycles. The number of alkyl halides is 1. The summed E-state index contributed by atoms with van der Waals surface area (Å²) in [6.07, 6.45) is 3.16. The molecule has 0 saturated heterocycles. The molecule has 6 heteroatoms. The molecule has 2 rings (SSSR count). The first-order valence-corrected chi connectivity index (χ1v) is 6.27. The molecule has 0 spiro atoms. The van der Waals surface area contributed by atoms with E-state index in [9.17, 15) is 4.79 Å². The summed E-state index contributed by atoms with van der Waals surface area (Å²) in [6.45, 7) is 0.724. The summed E-state index contributed by atoms with van der Waals surface area (Å²) in [5.41, 5.74) is 1.77. The number of nitrogens with zero attached hydrogens (tertiary/aromatic N) is 2. The lowest BCUT2D eigenvalue weighted by atomic mass is 10.1. The van der Waals surface area contributed by atoms with E-state index in [-0.39, 0.29) is 11.3 Å². The van der Waals surface area contributed by atoms with Crippen LogP contribution in [0.4, 0.5) is 0 Å². The van der Waals surface area contributed by atoms with Gasteiger partial charge in [-0.3, -0.25) is 14.8 Å². The maximum Gasteiger partial charge on any atom is 0.253 e. The van der Waals surface area contributed by atoms with Gasteiger partial charge in [-0.1, -0.05) is 6.07 Å². The zero-order valence-corrected chi connectivity index (χ0v) is 11.2. The molecule has 0 aliphatic carbocycles. The molecular weight excluding hydrogens is 266 g/mol. The highest BCUT2D eigenvalue weighted by Gasteiger charge is 2.12. The molecule has 1 unspecified atom stereocenters.